The summed E-state index contributed by atoms with van der Waals surface area (Å²) >= 11 is 1.84. The van der Waals surface area contributed by atoms with Crippen molar-refractivity contribution >= 4 is 17.7 Å². The van der Waals surface area contributed by atoms with Crippen molar-refractivity contribution < 1.29 is 9.90 Å². The fourth-order valence-corrected chi connectivity index (χ4v) is 3.30. The van der Waals surface area contributed by atoms with Gasteiger partial charge < -0.3 is 10.0 Å². The van der Waals surface area contributed by atoms with Crippen LogP contribution in [0.5, 0.6) is 0 Å². The SMILES string of the molecule is Cc1ccc(SCCN2CCCC(C(=O)O)C2)cc1. The van der Waals surface area contributed by atoms with Gasteiger partial charge in [-0.25, -0.2) is 0 Å². The average Bonchev–Trinajstić information content (AvgIpc) is 2.41. The second-order valence-electron chi connectivity index (χ2n) is 5.14. The van der Waals surface area contributed by atoms with Gasteiger partial charge in [-0.3, -0.25) is 4.79 Å². The van der Waals surface area contributed by atoms with Crippen LogP contribution in [0.4, 0.5) is 0 Å². The fourth-order valence-electron chi connectivity index (χ4n) is 2.39. The molecule has 1 aromatic carbocycles. The Balaban J connectivity index is 1.73. The van der Waals surface area contributed by atoms with Gasteiger partial charge in [0, 0.05) is 23.7 Å². The third-order valence-corrected chi connectivity index (χ3v) is 4.54. The Kier molecular flexibility index (Phi) is 5.28. The Morgan fingerprint density at radius 2 is 2.16 bits per heavy atom. The molecule has 1 atom stereocenters. The van der Waals surface area contributed by atoms with E-state index in [9.17, 15) is 4.79 Å². The normalized spacial score (nSPS) is 20.4. The number of benzene rings is 1. The lowest BCUT2D eigenvalue weighted by molar-refractivity contribution is -0.143. The zero-order chi connectivity index (χ0) is 13.7. The lowest BCUT2D eigenvalue weighted by Gasteiger charge is -2.30. The molecule has 1 unspecified atom stereocenters. The summed E-state index contributed by atoms with van der Waals surface area (Å²) < 4.78 is 0. The summed E-state index contributed by atoms with van der Waals surface area (Å²) in [7, 11) is 0. The molecule has 3 nitrogen and oxygen atoms in total. The van der Waals surface area contributed by atoms with Crippen molar-refractivity contribution in [3.05, 3.63) is 29.8 Å². The van der Waals surface area contributed by atoms with Crippen LogP contribution < -0.4 is 0 Å². The van der Waals surface area contributed by atoms with E-state index in [4.69, 9.17) is 5.11 Å². The third-order valence-electron chi connectivity index (χ3n) is 3.55. The van der Waals surface area contributed by atoms with E-state index in [-0.39, 0.29) is 5.92 Å². The van der Waals surface area contributed by atoms with Crippen molar-refractivity contribution in [1.82, 2.24) is 4.90 Å². The number of nitrogens with zero attached hydrogens (tertiary/aromatic N) is 1. The fraction of sp³-hybridized carbons (Fsp3) is 0.533. The molecule has 0 spiro atoms. The van der Waals surface area contributed by atoms with Gasteiger partial charge in [-0.05, 0) is 38.4 Å². The van der Waals surface area contributed by atoms with Crippen molar-refractivity contribution in [3.63, 3.8) is 0 Å². The number of thioether (sulfide) groups is 1. The van der Waals surface area contributed by atoms with Crippen molar-refractivity contribution in [2.75, 3.05) is 25.4 Å². The average molecular weight is 279 g/mol. The standard InChI is InChI=1S/C15H21NO2S/c1-12-4-6-14(7-5-12)19-10-9-16-8-2-3-13(11-16)15(17)18/h4-7,13H,2-3,8-11H2,1H3,(H,17,18). The number of carboxylic acid groups (broad SMARTS) is 1. The van der Waals surface area contributed by atoms with Crippen LogP contribution in [-0.4, -0.2) is 41.4 Å². The lowest BCUT2D eigenvalue weighted by atomic mass is 9.98. The van der Waals surface area contributed by atoms with E-state index in [1.54, 1.807) is 0 Å². The maximum Gasteiger partial charge on any atom is 0.307 e. The minimum absolute atomic E-state index is 0.168. The van der Waals surface area contributed by atoms with Crippen molar-refractivity contribution in [2.24, 2.45) is 5.92 Å². The molecule has 19 heavy (non-hydrogen) atoms. The maximum absolute atomic E-state index is 11.0. The van der Waals surface area contributed by atoms with Crippen LogP contribution in [0.15, 0.2) is 29.2 Å². The molecule has 1 aromatic rings. The zero-order valence-corrected chi connectivity index (χ0v) is 12.2. The zero-order valence-electron chi connectivity index (χ0n) is 11.3. The number of piperidine rings is 1. The molecule has 1 N–H and O–H groups in total. The Bertz CT molecular complexity index is 419. The molecule has 1 saturated heterocycles. The number of carbonyl (C=O) groups is 1. The molecule has 4 heteroatoms. The van der Waals surface area contributed by atoms with Gasteiger partial charge in [-0.15, -0.1) is 11.8 Å². The first-order valence-electron chi connectivity index (χ1n) is 6.80. The molecule has 2 rings (SSSR count). The first-order valence-corrected chi connectivity index (χ1v) is 7.78. The summed E-state index contributed by atoms with van der Waals surface area (Å²) in [6.07, 6.45) is 1.84. The van der Waals surface area contributed by atoms with E-state index < -0.39 is 5.97 Å². The Hall–Kier alpha value is -1.00. The Morgan fingerprint density at radius 1 is 1.42 bits per heavy atom. The highest BCUT2D eigenvalue weighted by Gasteiger charge is 2.24. The first kappa shape index (κ1) is 14.4. The van der Waals surface area contributed by atoms with Crippen LogP contribution in [0.1, 0.15) is 18.4 Å². The second-order valence-corrected chi connectivity index (χ2v) is 6.31. The minimum atomic E-state index is -0.643. The molecule has 1 aliphatic heterocycles. The number of hydrogen-bond donors (Lipinski definition) is 1. The molecule has 1 heterocycles. The van der Waals surface area contributed by atoms with Crippen LogP contribution in [0.25, 0.3) is 0 Å². The van der Waals surface area contributed by atoms with Crippen LogP contribution in [-0.2, 0) is 4.79 Å². The minimum Gasteiger partial charge on any atom is -0.481 e. The Labute approximate surface area is 119 Å². The van der Waals surface area contributed by atoms with Gasteiger partial charge in [0.05, 0.1) is 5.92 Å². The van der Waals surface area contributed by atoms with E-state index >= 15 is 0 Å². The first-order chi connectivity index (χ1) is 9.15. The van der Waals surface area contributed by atoms with E-state index in [1.165, 1.54) is 10.5 Å². The number of likely N-dealkylation sites (tertiary alicyclic amines) is 1. The summed E-state index contributed by atoms with van der Waals surface area (Å²) in [5, 5.41) is 9.05. The van der Waals surface area contributed by atoms with Gasteiger partial charge >= 0.3 is 5.97 Å². The van der Waals surface area contributed by atoms with E-state index in [1.807, 2.05) is 11.8 Å². The molecule has 1 aliphatic rings. The molecular formula is C15H21NO2S. The quantitative estimate of drug-likeness (QED) is 0.841. The third kappa shape index (κ3) is 4.55. The van der Waals surface area contributed by atoms with Gasteiger partial charge in [0.15, 0.2) is 0 Å². The summed E-state index contributed by atoms with van der Waals surface area (Å²) in [6, 6.07) is 8.56. The number of aliphatic carboxylic acids is 1. The number of hydrogen-bond acceptors (Lipinski definition) is 3. The molecule has 0 radical (unpaired) electrons. The van der Waals surface area contributed by atoms with E-state index in [0.29, 0.717) is 6.54 Å². The highest BCUT2D eigenvalue weighted by atomic mass is 32.2. The van der Waals surface area contributed by atoms with Crippen LogP contribution in [0.3, 0.4) is 0 Å². The van der Waals surface area contributed by atoms with Crippen molar-refractivity contribution in [1.29, 1.82) is 0 Å². The van der Waals surface area contributed by atoms with Gasteiger partial charge in [0.1, 0.15) is 0 Å². The summed E-state index contributed by atoms with van der Waals surface area (Å²) in [4.78, 5) is 14.6. The predicted molar refractivity (Wildman–Crippen MR) is 78.7 cm³/mol. The van der Waals surface area contributed by atoms with Gasteiger partial charge in [-0.2, -0.15) is 0 Å². The van der Waals surface area contributed by atoms with Gasteiger partial charge in [0.2, 0.25) is 0 Å². The predicted octanol–water partition coefficient (Wildman–Crippen LogP) is 2.88. The molecule has 0 saturated carbocycles. The molecule has 0 aliphatic carbocycles. The highest BCUT2D eigenvalue weighted by Crippen LogP contribution is 2.20. The maximum atomic E-state index is 11.0. The van der Waals surface area contributed by atoms with Crippen molar-refractivity contribution in [3.8, 4) is 0 Å². The Morgan fingerprint density at radius 3 is 2.84 bits per heavy atom. The molecule has 0 aromatic heterocycles. The van der Waals surface area contributed by atoms with E-state index in [0.717, 1.165) is 31.7 Å². The smallest absolute Gasteiger partial charge is 0.307 e. The number of aryl methyl sites for hydroxylation is 1. The summed E-state index contributed by atoms with van der Waals surface area (Å²) in [6.45, 7) is 4.82. The van der Waals surface area contributed by atoms with Crippen LogP contribution in [0, 0.1) is 12.8 Å². The van der Waals surface area contributed by atoms with E-state index in [2.05, 4.69) is 36.1 Å². The largest absolute Gasteiger partial charge is 0.481 e. The van der Waals surface area contributed by atoms with Gasteiger partial charge in [-0.1, -0.05) is 17.7 Å². The van der Waals surface area contributed by atoms with Crippen LogP contribution in [0.2, 0.25) is 0 Å². The van der Waals surface area contributed by atoms with Crippen LogP contribution >= 0.6 is 11.8 Å². The number of rotatable bonds is 5. The topological polar surface area (TPSA) is 40.5 Å². The second kappa shape index (κ2) is 6.96. The summed E-state index contributed by atoms with van der Waals surface area (Å²) in [5.74, 6) is 0.212. The highest BCUT2D eigenvalue weighted by molar-refractivity contribution is 7.99. The molecule has 0 bridgehead atoms. The molecular weight excluding hydrogens is 258 g/mol. The number of carboxylic acids is 1. The molecule has 104 valence electrons. The summed E-state index contributed by atoms with van der Waals surface area (Å²) in [5.41, 5.74) is 1.28. The monoisotopic (exact) mass is 279 g/mol. The van der Waals surface area contributed by atoms with Gasteiger partial charge in [0.25, 0.3) is 0 Å². The molecule has 1 fully saturated rings. The molecule has 0 amide bonds. The van der Waals surface area contributed by atoms with Crippen molar-refractivity contribution in [2.45, 2.75) is 24.7 Å². The lowest BCUT2D eigenvalue weighted by Crippen LogP contribution is -2.39.